The van der Waals surface area contributed by atoms with Crippen molar-refractivity contribution in [2.75, 3.05) is 18.0 Å². The Morgan fingerprint density at radius 3 is 2.13 bits per heavy atom. The predicted octanol–water partition coefficient (Wildman–Crippen LogP) is 2.58. The maximum Gasteiger partial charge on any atom is 0.0588 e. The average molecular weight is 222 g/mol. The van der Waals surface area contributed by atoms with E-state index in [-0.39, 0.29) is 0 Å². The van der Waals surface area contributed by atoms with Gasteiger partial charge in [-0.2, -0.15) is 0 Å². The van der Waals surface area contributed by atoms with Gasteiger partial charge in [0.05, 0.1) is 5.49 Å². The van der Waals surface area contributed by atoms with Crippen molar-refractivity contribution in [3.05, 3.63) is 30.3 Å². The van der Waals surface area contributed by atoms with Crippen LogP contribution in [-0.4, -0.2) is 18.6 Å². The zero-order chi connectivity index (χ0) is 10.9. The molecule has 1 heterocycles. The molecule has 1 aromatic carbocycles. The van der Waals surface area contributed by atoms with E-state index in [2.05, 4.69) is 53.2 Å². The third-order valence-electron chi connectivity index (χ3n) is 2.48. The van der Waals surface area contributed by atoms with Crippen molar-refractivity contribution in [2.45, 2.75) is 19.3 Å². The van der Waals surface area contributed by atoms with E-state index >= 15 is 0 Å². The normalized spacial score (nSPS) is 15.1. The van der Waals surface area contributed by atoms with E-state index in [0.29, 0.717) is 0 Å². The first kappa shape index (κ1) is 12.0. The van der Waals surface area contributed by atoms with Crippen molar-refractivity contribution in [1.29, 1.82) is 0 Å². The molecule has 1 aliphatic heterocycles. The highest BCUT2D eigenvalue weighted by atomic mass is 32.1. The van der Waals surface area contributed by atoms with Crippen LogP contribution in [0.1, 0.15) is 19.3 Å². The molecular formula is C12H18N2S. The minimum atomic E-state index is 1.08. The second-order valence-electron chi connectivity index (χ2n) is 3.52. The van der Waals surface area contributed by atoms with Gasteiger partial charge in [0.15, 0.2) is 0 Å². The first-order chi connectivity index (χ1) is 7.38. The quantitative estimate of drug-likeness (QED) is 0.741. The molecule has 2 rings (SSSR count). The zero-order valence-corrected chi connectivity index (χ0v) is 9.75. The molecule has 0 unspecified atom stereocenters. The van der Waals surface area contributed by atoms with E-state index in [9.17, 15) is 0 Å². The van der Waals surface area contributed by atoms with Crippen LogP contribution in [0.4, 0.5) is 5.69 Å². The summed E-state index contributed by atoms with van der Waals surface area (Å²) in [6.45, 7) is 2.48. The topological polar surface area (TPSA) is 29.3 Å². The largest absolute Gasteiger partial charge is 0.396 e. The highest BCUT2D eigenvalue weighted by molar-refractivity contribution is 7.78. The van der Waals surface area contributed by atoms with Crippen molar-refractivity contribution in [3.63, 3.8) is 0 Å². The van der Waals surface area contributed by atoms with Gasteiger partial charge in [-0.3, -0.25) is 0 Å². The van der Waals surface area contributed by atoms with E-state index in [1.807, 2.05) is 0 Å². The summed E-state index contributed by atoms with van der Waals surface area (Å²) in [6, 6.07) is 10.7. The van der Waals surface area contributed by atoms with Crippen molar-refractivity contribution in [2.24, 2.45) is 5.73 Å². The lowest BCUT2D eigenvalue weighted by Gasteiger charge is -2.28. The van der Waals surface area contributed by atoms with Gasteiger partial charge in [-0.1, -0.05) is 30.4 Å². The molecular weight excluding hydrogens is 204 g/mol. The van der Waals surface area contributed by atoms with Gasteiger partial charge in [-0.15, -0.1) is 0 Å². The number of para-hydroxylation sites is 1. The number of nitrogens with two attached hydrogens (primary N) is 1. The molecule has 3 heteroatoms. The van der Waals surface area contributed by atoms with Gasteiger partial charge in [0.2, 0.25) is 0 Å². The second-order valence-corrected chi connectivity index (χ2v) is 3.79. The van der Waals surface area contributed by atoms with Crippen LogP contribution in [0.3, 0.4) is 0 Å². The molecule has 0 atom stereocenters. The third kappa shape index (κ3) is 4.30. The number of hydrogen-bond donors (Lipinski definition) is 1. The second kappa shape index (κ2) is 7.23. The standard InChI is InChI=1S/C11H15N.CH3NS/c1-3-7-11(8-4-1)12-9-5-2-6-10-12;2-1-3/h1,3-4,7-8H,2,5-6,9-10H2;1H,(H2,2,3). The summed E-state index contributed by atoms with van der Waals surface area (Å²) in [5.74, 6) is 0. The molecule has 1 aromatic rings. The number of benzene rings is 1. The van der Waals surface area contributed by atoms with E-state index in [1.165, 1.54) is 38.0 Å². The SMILES string of the molecule is NC=S.c1ccc(N2CCCCC2)cc1. The van der Waals surface area contributed by atoms with Gasteiger partial charge < -0.3 is 10.6 Å². The van der Waals surface area contributed by atoms with Crippen LogP contribution >= 0.6 is 12.2 Å². The summed E-state index contributed by atoms with van der Waals surface area (Å²) < 4.78 is 0. The van der Waals surface area contributed by atoms with Crippen LogP contribution in [0.25, 0.3) is 0 Å². The number of rotatable bonds is 1. The number of anilines is 1. The Kier molecular flexibility index (Phi) is 5.78. The Labute approximate surface area is 97.1 Å². The average Bonchev–Trinajstić information content (AvgIpc) is 2.32. The van der Waals surface area contributed by atoms with E-state index < -0.39 is 0 Å². The Balaban J connectivity index is 0.000000337. The van der Waals surface area contributed by atoms with Crippen molar-refractivity contribution >= 4 is 23.4 Å². The molecule has 0 radical (unpaired) electrons. The number of nitrogens with zero attached hydrogens (tertiary/aromatic N) is 1. The number of hydrogen-bond acceptors (Lipinski definition) is 2. The molecule has 1 fully saturated rings. The zero-order valence-electron chi connectivity index (χ0n) is 8.93. The number of thiocarbonyl (C=S) groups is 1. The molecule has 0 bridgehead atoms. The summed E-state index contributed by atoms with van der Waals surface area (Å²) in [4.78, 5) is 2.48. The van der Waals surface area contributed by atoms with Crippen LogP contribution < -0.4 is 10.6 Å². The summed E-state index contributed by atoms with van der Waals surface area (Å²) in [6.07, 6.45) is 4.12. The Morgan fingerprint density at radius 1 is 1.07 bits per heavy atom. The van der Waals surface area contributed by atoms with E-state index in [0.717, 1.165) is 5.49 Å². The fourth-order valence-electron chi connectivity index (χ4n) is 1.79. The van der Waals surface area contributed by atoms with Gasteiger partial charge in [0.1, 0.15) is 0 Å². The van der Waals surface area contributed by atoms with E-state index in [4.69, 9.17) is 0 Å². The molecule has 0 aliphatic carbocycles. The Morgan fingerprint density at radius 2 is 1.60 bits per heavy atom. The molecule has 0 saturated carbocycles. The lowest BCUT2D eigenvalue weighted by Crippen LogP contribution is -2.29. The number of piperidine rings is 1. The molecule has 0 spiro atoms. The molecule has 2 nitrogen and oxygen atoms in total. The summed E-state index contributed by atoms with van der Waals surface area (Å²) >= 11 is 4.05. The smallest absolute Gasteiger partial charge is 0.0588 e. The Bertz CT molecular complexity index is 268. The van der Waals surface area contributed by atoms with Gasteiger partial charge in [0, 0.05) is 18.8 Å². The van der Waals surface area contributed by atoms with Gasteiger partial charge >= 0.3 is 0 Å². The van der Waals surface area contributed by atoms with Crippen molar-refractivity contribution in [1.82, 2.24) is 0 Å². The first-order valence-electron chi connectivity index (χ1n) is 5.34. The molecule has 1 saturated heterocycles. The summed E-state index contributed by atoms with van der Waals surface area (Å²) in [7, 11) is 0. The molecule has 1 aliphatic rings. The minimum Gasteiger partial charge on any atom is -0.396 e. The van der Waals surface area contributed by atoms with Crippen LogP contribution in [-0.2, 0) is 0 Å². The molecule has 0 aromatic heterocycles. The molecule has 2 N–H and O–H groups in total. The van der Waals surface area contributed by atoms with Crippen LogP contribution in [0.2, 0.25) is 0 Å². The highest BCUT2D eigenvalue weighted by Crippen LogP contribution is 2.18. The predicted molar refractivity (Wildman–Crippen MR) is 70.3 cm³/mol. The third-order valence-corrected chi connectivity index (χ3v) is 2.48. The lowest BCUT2D eigenvalue weighted by molar-refractivity contribution is 0.578. The van der Waals surface area contributed by atoms with Gasteiger partial charge in [-0.25, -0.2) is 0 Å². The Hall–Kier alpha value is -1.09. The monoisotopic (exact) mass is 222 g/mol. The van der Waals surface area contributed by atoms with Gasteiger partial charge in [-0.05, 0) is 31.4 Å². The fourth-order valence-corrected chi connectivity index (χ4v) is 1.79. The van der Waals surface area contributed by atoms with Gasteiger partial charge in [0.25, 0.3) is 0 Å². The molecule has 82 valence electrons. The fraction of sp³-hybridized carbons (Fsp3) is 0.417. The van der Waals surface area contributed by atoms with Crippen LogP contribution in [0.15, 0.2) is 30.3 Å². The van der Waals surface area contributed by atoms with E-state index in [1.54, 1.807) is 0 Å². The lowest BCUT2D eigenvalue weighted by atomic mass is 10.1. The summed E-state index contributed by atoms with van der Waals surface area (Å²) in [5, 5.41) is 0. The highest BCUT2D eigenvalue weighted by Gasteiger charge is 2.09. The van der Waals surface area contributed by atoms with Crippen LogP contribution in [0.5, 0.6) is 0 Å². The van der Waals surface area contributed by atoms with Crippen molar-refractivity contribution < 1.29 is 0 Å². The van der Waals surface area contributed by atoms with Crippen LogP contribution in [0, 0.1) is 0 Å². The minimum absolute atomic E-state index is 1.08. The molecule has 15 heavy (non-hydrogen) atoms. The first-order valence-corrected chi connectivity index (χ1v) is 5.81. The maximum atomic E-state index is 4.54. The van der Waals surface area contributed by atoms with Crippen molar-refractivity contribution in [3.8, 4) is 0 Å². The maximum absolute atomic E-state index is 4.54. The molecule has 0 amide bonds. The summed E-state index contributed by atoms with van der Waals surface area (Å²) in [5.41, 5.74) is 7.01.